The highest BCUT2D eigenvalue weighted by atomic mass is 15.5. The summed E-state index contributed by atoms with van der Waals surface area (Å²) in [6, 6.07) is 7.84. The molecule has 20 heavy (non-hydrogen) atoms. The zero-order valence-electron chi connectivity index (χ0n) is 11.1. The van der Waals surface area contributed by atoms with E-state index in [0.29, 0.717) is 5.65 Å². The molecule has 0 aliphatic carbocycles. The van der Waals surface area contributed by atoms with Crippen molar-refractivity contribution >= 4 is 17.2 Å². The summed E-state index contributed by atoms with van der Waals surface area (Å²) in [6.07, 6.45) is 3.41. The first-order chi connectivity index (χ1) is 9.78. The summed E-state index contributed by atoms with van der Waals surface area (Å²) in [7, 11) is 0. The van der Waals surface area contributed by atoms with Gasteiger partial charge in [0.05, 0.1) is 12.4 Å². The maximum atomic E-state index is 5.71. The maximum absolute atomic E-state index is 5.71. The molecule has 7 heteroatoms. The molecule has 0 saturated heterocycles. The number of hydrogen-bond donors (Lipinski definition) is 1. The number of nitrogens with two attached hydrogens (primary N) is 1. The zero-order chi connectivity index (χ0) is 13.9. The first-order valence-electron chi connectivity index (χ1n) is 6.39. The minimum Gasteiger partial charge on any atom is -0.399 e. The van der Waals surface area contributed by atoms with Crippen molar-refractivity contribution in [3.05, 3.63) is 42.2 Å². The average Bonchev–Trinajstić information content (AvgIpc) is 2.95. The van der Waals surface area contributed by atoms with E-state index >= 15 is 0 Å². The largest absolute Gasteiger partial charge is 0.399 e. The Morgan fingerprint density at radius 3 is 2.75 bits per heavy atom. The van der Waals surface area contributed by atoms with Gasteiger partial charge in [0.2, 0.25) is 0 Å². The van der Waals surface area contributed by atoms with E-state index in [4.69, 9.17) is 5.73 Å². The van der Waals surface area contributed by atoms with Gasteiger partial charge in [-0.25, -0.2) is 0 Å². The molecule has 2 aromatic heterocycles. The van der Waals surface area contributed by atoms with E-state index < -0.39 is 0 Å². The predicted molar refractivity (Wildman–Crippen MR) is 76.2 cm³/mol. The van der Waals surface area contributed by atoms with E-state index in [1.165, 1.54) is 5.56 Å². The van der Waals surface area contributed by atoms with Crippen molar-refractivity contribution < 1.29 is 0 Å². The van der Waals surface area contributed by atoms with Crippen molar-refractivity contribution in [2.45, 2.75) is 13.5 Å². The molecule has 0 radical (unpaired) electrons. The number of nitrogen functional groups attached to an aromatic ring is 1. The normalized spacial score (nSPS) is 10.8. The van der Waals surface area contributed by atoms with Crippen LogP contribution in [-0.2, 0) is 6.54 Å². The summed E-state index contributed by atoms with van der Waals surface area (Å²) in [6.45, 7) is 3.66. The molecule has 0 amide bonds. The third-order valence-corrected chi connectivity index (χ3v) is 3.15. The van der Waals surface area contributed by atoms with Crippen molar-refractivity contribution in [2.75, 3.05) is 17.2 Å². The number of anilines is 2. The molecule has 0 bridgehead atoms. The second-order valence-corrected chi connectivity index (χ2v) is 4.47. The summed E-state index contributed by atoms with van der Waals surface area (Å²) in [5, 5.41) is 11.6. The van der Waals surface area contributed by atoms with Crippen LogP contribution in [0.1, 0.15) is 12.5 Å². The van der Waals surface area contributed by atoms with Gasteiger partial charge in [0.15, 0.2) is 11.5 Å². The highest BCUT2D eigenvalue weighted by Gasteiger charge is 2.11. The highest BCUT2D eigenvalue weighted by Crippen LogP contribution is 2.16. The molecule has 0 saturated carbocycles. The lowest BCUT2D eigenvalue weighted by Crippen LogP contribution is -2.24. The standard InChI is InChI=1S/C13H15N7/c1-2-19(9-10-3-5-11(14)6-4-10)13-8-15-7-12-16-17-18-20(12)13/h3-8H,2,9,14H2,1H3. The lowest BCUT2D eigenvalue weighted by molar-refractivity contribution is 0.750. The fourth-order valence-corrected chi connectivity index (χ4v) is 2.08. The van der Waals surface area contributed by atoms with Crippen LogP contribution in [0, 0.1) is 0 Å². The molecule has 0 spiro atoms. The number of tetrazole rings is 1. The molecule has 2 heterocycles. The summed E-state index contributed by atoms with van der Waals surface area (Å²) in [4.78, 5) is 6.34. The zero-order valence-corrected chi connectivity index (χ0v) is 11.1. The predicted octanol–water partition coefficient (Wildman–Crippen LogP) is 1.13. The minimum absolute atomic E-state index is 0.637. The van der Waals surface area contributed by atoms with Crippen molar-refractivity contribution in [2.24, 2.45) is 0 Å². The van der Waals surface area contributed by atoms with Gasteiger partial charge >= 0.3 is 0 Å². The molecule has 0 unspecified atom stereocenters. The van der Waals surface area contributed by atoms with Crippen LogP contribution >= 0.6 is 0 Å². The van der Waals surface area contributed by atoms with E-state index in [2.05, 4.69) is 32.3 Å². The van der Waals surface area contributed by atoms with Crippen LogP contribution in [0.25, 0.3) is 5.65 Å². The number of aromatic nitrogens is 5. The van der Waals surface area contributed by atoms with E-state index in [0.717, 1.165) is 24.6 Å². The Bertz CT molecular complexity index is 704. The molecule has 0 aliphatic heterocycles. The second kappa shape index (κ2) is 5.12. The lowest BCUT2D eigenvalue weighted by atomic mass is 10.2. The molecular formula is C13H15N7. The minimum atomic E-state index is 0.637. The van der Waals surface area contributed by atoms with Gasteiger partial charge in [0, 0.05) is 18.8 Å². The molecule has 1 aromatic carbocycles. The van der Waals surface area contributed by atoms with Crippen LogP contribution < -0.4 is 10.6 Å². The van der Waals surface area contributed by atoms with Crippen LogP contribution in [0.2, 0.25) is 0 Å². The first-order valence-corrected chi connectivity index (χ1v) is 6.39. The van der Waals surface area contributed by atoms with Gasteiger partial charge in [-0.1, -0.05) is 12.1 Å². The van der Waals surface area contributed by atoms with Gasteiger partial charge in [-0.3, -0.25) is 4.98 Å². The molecule has 3 aromatic rings. The van der Waals surface area contributed by atoms with Crippen LogP contribution in [-0.4, -0.2) is 31.6 Å². The maximum Gasteiger partial charge on any atom is 0.199 e. The Balaban J connectivity index is 1.93. The van der Waals surface area contributed by atoms with Crippen LogP contribution in [0.3, 0.4) is 0 Å². The quantitative estimate of drug-likeness (QED) is 0.715. The first kappa shape index (κ1) is 12.3. The molecule has 0 fully saturated rings. The third-order valence-electron chi connectivity index (χ3n) is 3.15. The SMILES string of the molecule is CCN(Cc1ccc(N)cc1)c1cncc2nnnn12. The van der Waals surface area contributed by atoms with E-state index in [9.17, 15) is 0 Å². The number of fused-ring (bicyclic) bond motifs is 1. The van der Waals surface area contributed by atoms with Crippen LogP contribution in [0.15, 0.2) is 36.7 Å². The number of rotatable bonds is 4. The van der Waals surface area contributed by atoms with E-state index in [-0.39, 0.29) is 0 Å². The smallest absolute Gasteiger partial charge is 0.199 e. The van der Waals surface area contributed by atoms with Gasteiger partial charge < -0.3 is 10.6 Å². The van der Waals surface area contributed by atoms with Crippen LogP contribution in [0.4, 0.5) is 11.5 Å². The Kier molecular flexibility index (Phi) is 3.16. The Morgan fingerprint density at radius 1 is 1.20 bits per heavy atom. The fourth-order valence-electron chi connectivity index (χ4n) is 2.08. The van der Waals surface area contributed by atoms with Crippen molar-refractivity contribution in [3.63, 3.8) is 0 Å². The van der Waals surface area contributed by atoms with Gasteiger partial charge in [0.25, 0.3) is 0 Å². The molecule has 0 atom stereocenters. The van der Waals surface area contributed by atoms with E-state index in [1.807, 2.05) is 24.3 Å². The van der Waals surface area contributed by atoms with Crippen molar-refractivity contribution in [3.8, 4) is 0 Å². The van der Waals surface area contributed by atoms with Gasteiger partial charge in [-0.2, -0.15) is 4.52 Å². The molecule has 3 rings (SSSR count). The number of nitrogens with zero attached hydrogens (tertiary/aromatic N) is 6. The molecular weight excluding hydrogens is 254 g/mol. The number of hydrogen-bond acceptors (Lipinski definition) is 6. The van der Waals surface area contributed by atoms with Crippen molar-refractivity contribution in [1.29, 1.82) is 0 Å². The van der Waals surface area contributed by atoms with Crippen LogP contribution in [0.5, 0.6) is 0 Å². The van der Waals surface area contributed by atoms with E-state index in [1.54, 1.807) is 16.9 Å². The Hall–Kier alpha value is -2.70. The van der Waals surface area contributed by atoms with Crippen molar-refractivity contribution in [1.82, 2.24) is 25.0 Å². The lowest BCUT2D eigenvalue weighted by Gasteiger charge is -2.22. The Labute approximate surface area is 116 Å². The topological polar surface area (TPSA) is 85.2 Å². The highest BCUT2D eigenvalue weighted by molar-refractivity contribution is 5.47. The third kappa shape index (κ3) is 2.25. The fraction of sp³-hybridized carbons (Fsp3) is 0.231. The number of benzene rings is 1. The summed E-state index contributed by atoms with van der Waals surface area (Å²) >= 11 is 0. The Morgan fingerprint density at radius 2 is 2.00 bits per heavy atom. The molecule has 0 aliphatic rings. The average molecular weight is 269 g/mol. The summed E-state index contributed by atoms with van der Waals surface area (Å²) in [5.41, 5.74) is 8.28. The van der Waals surface area contributed by atoms with Gasteiger partial charge in [-0.15, -0.1) is 5.10 Å². The summed E-state index contributed by atoms with van der Waals surface area (Å²) < 4.78 is 1.69. The molecule has 102 valence electrons. The van der Waals surface area contributed by atoms with Gasteiger partial charge in [0.1, 0.15) is 0 Å². The summed E-state index contributed by atoms with van der Waals surface area (Å²) in [5.74, 6) is 0.867. The molecule has 7 nitrogen and oxygen atoms in total. The molecule has 2 N–H and O–H groups in total. The van der Waals surface area contributed by atoms with Gasteiger partial charge in [-0.05, 0) is 35.0 Å². The monoisotopic (exact) mass is 269 g/mol. The second-order valence-electron chi connectivity index (χ2n) is 4.47.